The first-order valence-corrected chi connectivity index (χ1v) is 4.32. The summed E-state index contributed by atoms with van der Waals surface area (Å²) in [6.07, 6.45) is 1.47. The second-order valence-corrected chi connectivity index (χ2v) is 3.16. The third kappa shape index (κ3) is 1.38. The second kappa shape index (κ2) is 3.20. The molecule has 2 rings (SSSR count). The Kier molecular flexibility index (Phi) is 2.00. The number of hydrogen-bond acceptors (Lipinski definition) is 3. The van der Waals surface area contributed by atoms with Gasteiger partial charge in [-0.1, -0.05) is 0 Å². The van der Waals surface area contributed by atoms with Crippen molar-refractivity contribution >= 4 is 16.9 Å². The highest BCUT2D eigenvalue weighted by Gasteiger charge is 2.15. The summed E-state index contributed by atoms with van der Waals surface area (Å²) in [5.74, 6) is -1.09. The molecule has 0 aromatic carbocycles. The number of fused-ring (bicyclic) bond motifs is 1. The van der Waals surface area contributed by atoms with Gasteiger partial charge in [-0.3, -0.25) is 9.78 Å². The van der Waals surface area contributed by atoms with Crippen LogP contribution in [0.25, 0.3) is 10.9 Å². The van der Waals surface area contributed by atoms with Crippen molar-refractivity contribution in [2.45, 2.75) is 6.92 Å². The van der Waals surface area contributed by atoms with Gasteiger partial charge < -0.3 is 10.1 Å². The Morgan fingerprint density at radius 1 is 1.53 bits per heavy atom. The molecule has 0 spiro atoms. The Morgan fingerprint density at radius 3 is 2.93 bits per heavy atom. The van der Waals surface area contributed by atoms with Crippen LogP contribution in [0.4, 0.5) is 0 Å². The minimum absolute atomic E-state index is 0.0465. The van der Waals surface area contributed by atoms with E-state index in [2.05, 4.69) is 9.97 Å². The number of aromatic carboxylic acids is 1. The molecule has 0 amide bonds. The zero-order chi connectivity index (χ0) is 11.0. The molecule has 76 valence electrons. The normalized spacial score (nSPS) is 10.5. The summed E-state index contributed by atoms with van der Waals surface area (Å²) in [7, 11) is 0. The monoisotopic (exact) mass is 204 g/mol. The Labute approximate surface area is 84.4 Å². The highest BCUT2D eigenvalue weighted by molar-refractivity contribution is 6.02. The minimum atomic E-state index is -1.09. The lowest BCUT2D eigenvalue weighted by atomic mass is 10.1. The van der Waals surface area contributed by atoms with E-state index in [1.165, 1.54) is 6.20 Å². The zero-order valence-corrected chi connectivity index (χ0v) is 7.94. The van der Waals surface area contributed by atoms with E-state index in [4.69, 9.17) is 5.11 Å². The van der Waals surface area contributed by atoms with Gasteiger partial charge in [0.05, 0.1) is 10.9 Å². The molecular weight excluding hydrogens is 196 g/mol. The molecule has 0 aliphatic carbocycles. The molecule has 0 radical (unpaired) electrons. The maximum atomic E-state index is 11.5. The van der Waals surface area contributed by atoms with E-state index in [-0.39, 0.29) is 16.6 Å². The lowest BCUT2D eigenvalue weighted by Crippen LogP contribution is -2.14. The summed E-state index contributed by atoms with van der Waals surface area (Å²) in [6.45, 7) is 1.54. The Hall–Kier alpha value is -2.17. The largest absolute Gasteiger partial charge is 0.478 e. The predicted molar refractivity (Wildman–Crippen MR) is 54.1 cm³/mol. The van der Waals surface area contributed by atoms with Gasteiger partial charge in [-0.15, -0.1) is 0 Å². The molecule has 2 N–H and O–H groups in total. The van der Waals surface area contributed by atoms with Crippen LogP contribution in [-0.4, -0.2) is 21.0 Å². The molecule has 0 saturated heterocycles. The molecule has 0 saturated carbocycles. The quantitative estimate of drug-likeness (QED) is 0.723. The molecule has 0 fully saturated rings. The van der Waals surface area contributed by atoms with Gasteiger partial charge in [0.15, 0.2) is 0 Å². The summed E-state index contributed by atoms with van der Waals surface area (Å²) >= 11 is 0. The highest BCUT2D eigenvalue weighted by Crippen LogP contribution is 2.14. The van der Waals surface area contributed by atoms with Crippen LogP contribution in [0.3, 0.4) is 0 Å². The van der Waals surface area contributed by atoms with Crippen LogP contribution in [0.15, 0.2) is 23.1 Å². The average molecular weight is 204 g/mol. The van der Waals surface area contributed by atoms with Gasteiger partial charge in [0.25, 0.3) is 5.56 Å². The van der Waals surface area contributed by atoms with E-state index >= 15 is 0 Å². The van der Waals surface area contributed by atoms with Crippen molar-refractivity contribution < 1.29 is 9.90 Å². The number of nitrogens with one attached hydrogen (secondary N) is 1. The van der Waals surface area contributed by atoms with Gasteiger partial charge >= 0.3 is 5.97 Å². The number of H-pyrrole nitrogens is 1. The van der Waals surface area contributed by atoms with Crippen LogP contribution < -0.4 is 5.56 Å². The summed E-state index contributed by atoms with van der Waals surface area (Å²) in [5.41, 5.74) is 0.274. The van der Waals surface area contributed by atoms with Crippen molar-refractivity contribution in [1.29, 1.82) is 0 Å². The standard InChI is InChI=1S/C10H8N2O3/c1-5-7(10(14)15)8-6(9(13)12-5)3-2-4-11-8/h2-4H,1H3,(H,12,13)(H,14,15). The van der Waals surface area contributed by atoms with E-state index in [1.807, 2.05) is 0 Å². The lowest BCUT2D eigenvalue weighted by molar-refractivity contribution is 0.0697. The molecule has 5 nitrogen and oxygen atoms in total. The number of nitrogens with zero attached hydrogens (tertiary/aromatic N) is 1. The maximum absolute atomic E-state index is 11.5. The SMILES string of the molecule is Cc1[nH]c(=O)c2cccnc2c1C(=O)O. The first-order chi connectivity index (χ1) is 7.11. The number of carboxylic acids is 1. The van der Waals surface area contributed by atoms with Crippen LogP contribution in [0.2, 0.25) is 0 Å². The molecule has 0 aliphatic heterocycles. The number of carboxylic acid groups (broad SMARTS) is 1. The minimum Gasteiger partial charge on any atom is -0.478 e. The summed E-state index contributed by atoms with van der Waals surface area (Å²) in [4.78, 5) is 28.9. The van der Waals surface area contributed by atoms with Crippen molar-refractivity contribution in [3.63, 3.8) is 0 Å². The third-order valence-corrected chi connectivity index (χ3v) is 2.18. The van der Waals surface area contributed by atoms with Crippen LogP contribution in [0.1, 0.15) is 16.1 Å². The molecule has 0 aliphatic rings. The summed E-state index contributed by atoms with van der Waals surface area (Å²) in [6, 6.07) is 3.14. The van der Waals surface area contributed by atoms with Crippen molar-refractivity contribution in [3.8, 4) is 0 Å². The first-order valence-electron chi connectivity index (χ1n) is 4.32. The maximum Gasteiger partial charge on any atom is 0.339 e. The van der Waals surface area contributed by atoms with Crippen LogP contribution in [0.5, 0.6) is 0 Å². The molecule has 0 bridgehead atoms. The average Bonchev–Trinajstić information content (AvgIpc) is 2.17. The number of aromatic nitrogens is 2. The predicted octanol–water partition coefficient (Wildman–Crippen LogP) is 0.930. The first kappa shape index (κ1) is 9.39. The van der Waals surface area contributed by atoms with Crippen LogP contribution >= 0.6 is 0 Å². The number of carbonyl (C=O) groups is 1. The molecule has 5 heteroatoms. The highest BCUT2D eigenvalue weighted by atomic mass is 16.4. The van der Waals surface area contributed by atoms with Crippen molar-refractivity contribution in [1.82, 2.24) is 9.97 Å². The molecule has 2 heterocycles. The fraction of sp³-hybridized carbons (Fsp3) is 0.100. The number of hydrogen-bond donors (Lipinski definition) is 2. The molecule has 2 aromatic heterocycles. The Bertz CT molecular complexity index is 601. The molecule has 15 heavy (non-hydrogen) atoms. The van der Waals surface area contributed by atoms with Gasteiger partial charge in [-0.05, 0) is 19.1 Å². The zero-order valence-electron chi connectivity index (χ0n) is 7.94. The second-order valence-electron chi connectivity index (χ2n) is 3.16. The van der Waals surface area contributed by atoms with E-state index in [1.54, 1.807) is 19.1 Å². The molecular formula is C10H8N2O3. The molecule has 0 unspecified atom stereocenters. The van der Waals surface area contributed by atoms with Gasteiger partial charge in [-0.25, -0.2) is 4.79 Å². The third-order valence-electron chi connectivity index (χ3n) is 2.18. The molecule has 2 aromatic rings. The van der Waals surface area contributed by atoms with Gasteiger partial charge in [-0.2, -0.15) is 0 Å². The summed E-state index contributed by atoms with van der Waals surface area (Å²) in [5, 5.41) is 9.28. The van der Waals surface area contributed by atoms with Crippen molar-refractivity contribution in [3.05, 3.63) is 39.9 Å². The number of aryl methyl sites for hydroxylation is 1. The van der Waals surface area contributed by atoms with E-state index < -0.39 is 5.97 Å². The number of pyridine rings is 2. The van der Waals surface area contributed by atoms with Crippen LogP contribution in [-0.2, 0) is 0 Å². The van der Waals surface area contributed by atoms with Gasteiger partial charge in [0, 0.05) is 11.9 Å². The van der Waals surface area contributed by atoms with E-state index in [9.17, 15) is 9.59 Å². The van der Waals surface area contributed by atoms with Gasteiger partial charge in [0.2, 0.25) is 0 Å². The van der Waals surface area contributed by atoms with Crippen molar-refractivity contribution in [2.24, 2.45) is 0 Å². The number of aromatic amines is 1. The van der Waals surface area contributed by atoms with Crippen LogP contribution in [0, 0.1) is 6.92 Å². The fourth-order valence-electron chi connectivity index (χ4n) is 1.53. The van der Waals surface area contributed by atoms with E-state index in [0.29, 0.717) is 11.1 Å². The lowest BCUT2D eigenvalue weighted by Gasteiger charge is -2.03. The summed E-state index contributed by atoms with van der Waals surface area (Å²) < 4.78 is 0. The fourth-order valence-corrected chi connectivity index (χ4v) is 1.53. The number of rotatable bonds is 1. The molecule has 0 atom stereocenters. The topological polar surface area (TPSA) is 83.0 Å². The Balaban J connectivity index is 3.03. The van der Waals surface area contributed by atoms with Gasteiger partial charge in [0.1, 0.15) is 5.56 Å². The smallest absolute Gasteiger partial charge is 0.339 e. The van der Waals surface area contributed by atoms with Crippen molar-refractivity contribution in [2.75, 3.05) is 0 Å². The van der Waals surface area contributed by atoms with E-state index in [0.717, 1.165) is 0 Å². The Morgan fingerprint density at radius 2 is 2.27 bits per heavy atom.